The van der Waals surface area contributed by atoms with Crippen LogP contribution >= 0.6 is 23.5 Å². The first-order valence-electron chi connectivity index (χ1n) is 9.97. The normalized spacial score (nSPS) is 22.4. The van der Waals surface area contributed by atoms with Gasteiger partial charge in [0.1, 0.15) is 22.6 Å². The number of aromatic nitrogens is 4. The van der Waals surface area contributed by atoms with Crippen molar-refractivity contribution in [1.29, 1.82) is 0 Å². The largest absolute Gasteiger partial charge is 0.508 e. The molecule has 0 aliphatic carbocycles. The third-order valence-electron chi connectivity index (χ3n) is 5.28. The summed E-state index contributed by atoms with van der Waals surface area (Å²) in [7, 11) is 1.16. The quantitative estimate of drug-likeness (QED) is 0.212. The zero-order chi connectivity index (χ0) is 25.3. The fourth-order valence-electron chi connectivity index (χ4n) is 3.59. The zero-order valence-corrected chi connectivity index (χ0v) is 20.9. The third kappa shape index (κ3) is 4.65. The van der Waals surface area contributed by atoms with Crippen molar-refractivity contribution < 1.29 is 33.5 Å². The van der Waals surface area contributed by atoms with Gasteiger partial charge in [0.2, 0.25) is 11.1 Å². The number of hydrogen-bond acceptors (Lipinski definition) is 11. The van der Waals surface area contributed by atoms with Gasteiger partial charge >= 0.3 is 5.97 Å². The molecule has 2 amide bonds. The second kappa shape index (κ2) is 9.96. The van der Waals surface area contributed by atoms with Crippen LogP contribution < -0.4 is 5.32 Å². The molecule has 1 aromatic heterocycles. The maximum Gasteiger partial charge on any atom is 0.352 e. The summed E-state index contributed by atoms with van der Waals surface area (Å²) >= 11 is 2.48. The first kappa shape index (κ1) is 25.2. The highest BCUT2D eigenvalue weighted by Crippen LogP contribution is 2.47. The summed E-state index contributed by atoms with van der Waals surface area (Å²) in [6.07, 6.45) is 0. The molecule has 1 unspecified atom stereocenters. The van der Waals surface area contributed by atoms with Crippen LogP contribution in [0.5, 0.6) is 5.75 Å². The van der Waals surface area contributed by atoms with Gasteiger partial charge in [-0.2, -0.15) is 0 Å². The van der Waals surface area contributed by atoms with E-state index in [1.165, 1.54) is 59.6 Å². The molecule has 0 saturated carbocycles. The summed E-state index contributed by atoms with van der Waals surface area (Å²) < 4.78 is 19.4. The Balaban J connectivity index is 1.49. The van der Waals surface area contributed by atoms with Gasteiger partial charge in [0.25, 0.3) is 11.6 Å². The third-order valence-corrected chi connectivity index (χ3v) is 9.07. The number of carboxylic acids is 1. The van der Waals surface area contributed by atoms with Gasteiger partial charge in [0.15, 0.2) is 0 Å². The van der Waals surface area contributed by atoms with Crippen molar-refractivity contribution in [3.05, 3.63) is 35.5 Å². The number of methoxy groups -OCH3 is 1. The van der Waals surface area contributed by atoms with E-state index in [4.69, 9.17) is 4.74 Å². The lowest BCUT2D eigenvalue weighted by atomic mass is 9.98. The number of aliphatic carboxylic acids is 1. The van der Waals surface area contributed by atoms with Gasteiger partial charge in [-0.3, -0.25) is 18.7 Å². The number of carbonyl (C=O) groups excluding carboxylic acids is 2. The van der Waals surface area contributed by atoms with Crippen molar-refractivity contribution >= 4 is 52.1 Å². The molecule has 2 aliphatic heterocycles. The summed E-state index contributed by atoms with van der Waals surface area (Å²) in [5, 5.41) is 32.5. The molecule has 0 radical (unpaired) electrons. The molecule has 3 N–H and O–H groups in total. The molecule has 13 nitrogen and oxygen atoms in total. The highest BCUT2D eigenvalue weighted by molar-refractivity contribution is 8.01. The minimum absolute atomic E-state index is 0.00340. The number of carboxylic acid groups (broad SMARTS) is 1. The van der Waals surface area contributed by atoms with Gasteiger partial charge in [0.05, 0.1) is 10.8 Å². The molecule has 3 atom stereocenters. The molecule has 1 fully saturated rings. The summed E-state index contributed by atoms with van der Waals surface area (Å²) in [6.45, 7) is 0. The number of thioether (sulfide) groups is 2. The van der Waals surface area contributed by atoms with E-state index < -0.39 is 45.4 Å². The molecular weight excluding hydrogens is 520 g/mol. The van der Waals surface area contributed by atoms with E-state index in [0.29, 0.717) is 15.6 Å². The van der Waals surface area contributed by atoms with E-state index in [2.05, 4.69) is 20.8 Å². The second-order valence-electron chi connectivity index (χ2n) is 7.44. The van der Waals surface area contributed by atoms with Gasteiger partial charge in [0, 0.05) is 30.6 Å². The number of tetrazole rings is 1. The van der Waals surface area contributed by atoms with Crippen molar-refractivity contribution in [2.24, 2.45) is 7.05 Å². The van der Waals surface area contributed by atoms with Crippen molar-refractivity contribution in [3.8, 4) is 5.75 Å². The Hall–Kier alpha value is -2.95. The number of rotatable bonds is 9. The van der Waals surface area contributed by atoms with Gasteiger partial charge in [-0.1, -0.05) is 11.8 Å². The number of nitrogens with one attached hydrogen (secondary N) is 1. The van der Waals surface area contributed by atoms with E-state index in [1.54, 1.807) is 7.05 Å². The molecule has 16 heteroatoms. The van der Waals surface area contributed by atoms with Crippen LogP contribution in [-0.4, -0.2) is 92.8 Å². The predicted molar refractivity (Wildman–Crippen MR) is 125 cm³/mol. The van der Waals surface area contributed by atoms with Crippen LogP contribution in [0.2, 0.25) is 0 Å². The maximum absolute atomic E-state index is 13.2. The van der Waals surface area contributed by atoms with Gasteiger partial charge in [-0.05, 0) is 40.3 Å². The topological polar surface area (TPSA) is 177 Å². The molecule has 1 aromatic carbocycles. The highest BCUT2D eigenvalue weighted by atomic mass is 32.2. The minimum Gasteiger partial charge on any atom is -0.508 e. The molecule has 0 spiro atoms. The number of fused-ring (bicyclic) bond motifs is 1. The van der Waals surface area contributed by atoms with E-state index in [0.717, 1.165) is 4.90 Å². The van der Waals surface area contributed by atoms with Crippen molar-refractivity contribution in [2.45, 2.75) is 21.2 Å². The number of phenolic OH excluding ortho intramolecular Hbond substituents is 1. The Labute approximate surface area is 209 Å². The van der Waals surface area contributed by atoms with Crippen LogP contribution in [0.15, 0.2) is 45.6 Å². The predicted octanol–water partition coefficient (Wildman–Crippen LogP) is -0.472. The average molecular weight is 541 g/mol. The number of nitrogens with zero attached hydrogens (tertiary/aromatic N) is 5. The number of phenols is 1. The summed E-state index contributed by atoms with van der Waals surface area (Å²) in [4.78, 5) is 39.3. The van der Waals surface area contributed by atoms with Crippen LogP contribution in [0.4, 0.5) is 0 Å². The fourth-order valence-corrected chi connectivity index (χ4v) is 6.94. The van der Waals surface area contributed by atoms with E-state index in [1.807, 2.05) is 0 Å². The number of ether oxygens (including phenoxy) is 1. The van der Waals surface area contributed by atoms with Crippen molar-refractivity contribution in [2.75, 3.05) is 24.4 Å². The van der Waals surface area contributed by atoms with Gasteiger partial charge < -0.3 is 20.3 Å². The summed E-state index contributed by atoms with van der Waals surface area (Å²) in [5.41, 5.74) is -1.45. The van der Waals surface area contributed by atoms with Crippen LogP contribution in [-0.2, 0) is 37.0 Å². The molecule has 2 aliphatic rings. The van der Waals surface area contributed by atoms with Gasteiger partial charge in [-0.15, -0.1) is 16.9 Å². The SMILES string of the molecule is CO[C@@]1(NC(=O)CS(=O)c2ccc(O)cc2)C(=O)N2C(C(=O)O)=C(CSc3nnnn3C)CS[C@H]21. The Morgan fingerprint density at radius 2 is 2.09 bits per heavy atom. The van der Waals surface area contributed by atoms with E-state index in [-0.39, 0.29) is 23.0 Å². The molecule has 0 bridgehead atoms. The number of aromatic hydroxyl groups is 1. The van der Waals surface area contributed by atoms with Crippen LogP contribution in [0.1, 0.15) is 0 Å². The molecule has 186 valence electrons. The first-order chi connectivity index (χ1) is 16.7. The number of β-lactam (4-membered cyclic amide) rings is 1. The van der Waals surface area contributed by atoms with Crippen LogP contribution in [0, 0.1) is 0 Å². The lowest BCUT2D eigenvalue weighted by Gasteiger charge is -2.55. The van der Waals surface area contributed by atoms with E-state index in [9.17, 15) is 28.8 Å². The standard InChI is InChI=1S/C19H20N6O7S3/c1-24-18(21-22-23-24)34-8-10-7-33-17-19(32-2,16(30)25(17)14(10)15(28)29)20-13(27)9-35(31)12-5-3-11(26)4-6-12/h3-6,17,26H,7-9H2,1-2H3,(H,20,27)(H,28,29)/t17-,19-,35?/m0/s1. The number of aryl methyl sites for hydroxylation is 1. The fraction of sp³-hybridized carbons (Fsp3) is 0.368. The molecule has 2 aromatic rings. The van der Waals surface area contributed by atoms with Crippen LogP contribution in [0.25, 0.3) is 0 Å². The monoisotopic (exact) mass is 540 g/mol. The molecule has 3 heterocycles. The average Bonchev–Trinajstić information content (AvgIpc) is 3.25. The van der Waals surface area contributed by atoms with Crippen LogP contribution in [0.3, 0.4) is 0 Å². The molecule has 4 rings (SSSR count). The lowest BCUT2D eigenvalue weighted by Crippen LogP contribution is -2.80. The summed E-state index contributed by atoms with van der Waals surface area (Å²) in [5.74, 6) is -2.65. The number of benzene rings is 1. The highest BCUT2D eigenvalue weighted by Gasteiger charge is 2.66. The lowest BCUT2D eigenvalue weighted by molar-refractivity contribution is -0.192. The smallest absolute Gasteiger partial charge is 0.352 e. The van der Waals surface area contributed by atoms with Gasteiger partial charge in [-0.25, -0.2) is 9.48 Å². The Kier molecular flexibility index (Phi) is 7.16. The minimum atomic E-state index is -1.78. The Morgan fingerprint density at radius 3 is 2.69 bits per heavy atom. The summed E-state index contributed by atoms with van der Waals surface area (Å²) in [6, 6.07) is 5.56. The first-order valence-corrected chi connectivity index (χ1v) is 13.3. The van der Waals surface area contributed by atoms with E-state index >= 15 is 0 Å². The molecular formula is C19H20N6O7S3. The number of hydrogen-bond donors (Lipinski definition) is 3. The maximum atomic E-state index is 13.2. The number of carbonyl (C=O) groups is 3. The Bertz CT molecular complexity index is 1230. The molecule has 35 heavy (non-hydrogen) atoms. The molecule has 1 saturated heterocycles. The zero-order valence-electron chi connectivity index (χ0n) is 18.4. The Morgan fingerprint density at radius 1 is 1.37 bits per heavy atom. The van der Waals surface area contributed by atoms with Crippen molar-refractivity contribution in [1.82, 2.24) is 30.4 Å². The van der Waals surface area contributed by atoms with Crippen molar-refractivity contribution in [3.63, 3.8) is 0 Å². The second-order valence-corrected chi connectivity index (χ2v) is 10.9. The number of amides is 2.